The lowest BCUT2D eigenvalue weighted by atomic mass is 10.1. The van der Waals surface area contributed by atoms with Gasteiger partial charge in [-0.15, -0.1) is 0 Å². The number of allylic oxidation sites excluding steroid dienone is 3. The summed E-state index contributed by atoms with van der Waals surface area (Å²) in [6, 6.07) is 9.83. The molecule has 0 N–H and O–H groups in total. The third kappa shape index (κ3) is 3.32. The molecule has 0 atom stereocenters. The molecule has 0 amide bonds. The zero-order valence-corrected chi connectivity index (χ0v) is 11.0. The van der Waals surface area contributed by atoms with Crippen molar-refractivity contribution in [1.82, 2.24) is 15.0 Å². The molecule has 1 heterocycles. The Bertz CT molecular complexity index is 643. The Labute approximate surface area is 118 Å². The van der Waals surface area contributed by atoms with Gasteiger partial charge in [0.1, 0.15) is 12.7 Å². The van der Waals surface area contributed by atoms with Gasteiger partial charge in [0.15, 0.2) is 5.82 Å². The standard InChI is InChI=1S/C16H14N4/c1-3-13(16-19-11-17-12-20-16)10-15(18-4-2)14-8-6-5-7-9-14/h3-12H,1-2H2/b13-10+,18-15+. The van der Waals surface area contributed by atoms with Gasteiger partial charge < -0.3 is 0 Å². The largest absolute Gasteiger partial charge is 0.257 e. The Morgan fingerprint density at radius 2 is 1.75 bits per heavy atom. The monoisotopic (exact) mass is 262 g/mol. The van der Waals surface area contributed by atoms with Crippen LogP contribution in [0.3, 0.4) is 0 Å². The number of aliphatic imine (C=N–C) groups is 1. The highest BCUT2D eigenvalue weighted by Crippen LogP contribution is 2.12. The van der Waals surface area contributed by atoms with Crippen LogP contribution in [0.25, 0.3) is 5.57 Å². The summed E-state index contributed by atoms with van der Waals surface area (Å²) in [7, 11) is 0. The summed E-state index contributed by atoms with van der Waals surface area (Å²) in [4.78, 5) is 16.3. The average Bonchev–Trinajstić information content (AvgIpc) is 2.53. The second-order valence-electron chi connectivity index (χ2n) is 3.83. The zero-order chi connectivity index (χ0) is 14.2. The van der Waals surface area contributed by atoms with Crippen molar-refractivity contribution in [3.05, 3.63) is 85.9 Å². The normalized spacial score (nSPS) is 12.0. The van der Waals surface area contributed by atoms with Crippen LogP contribution < -0.4 is 0 Å². The van der Waals surface area contributed by atoms with Crippen LogP contribution in [0.15, 0.2) is 79.5 Å². The molecule has 1 aromatic heterocycles. The molecule has 0 bridgehead atoms. The summed E-state index contributed by atoms with van der Waals surface area (Å²) in [6.45, 7) is 7.44. The topological polar surface area (TPSA) is 51.0 Å². The van der Waals surface area contributed by atoms with Crippen LogP contribution >= 0.6 is 0 Å². The average molecular weight is 262 g/mol. The van der Waals surface area contributed by atoms with Gasteiger partial charge in [-0.05, 0) is 6.08 Å². The quantitative estimate of drug-likeness (QED) is 0.614. The second-order valence-corrected chi connectivity index (χ2v) is 3.83. The van der Waals surface area contributed by atoms with E-state index in [2.05, 4.69) is 33.1 Å². The molecule has 0 aliphatic rings. The van der Waals surface area contributed by atoms with Crippen LogP contribution in [0.4, 0.5) is 0 Å². The maximum absolute atomic E-state index is 4.29. The van der Waals surface area contributed by atoms with E-state index in [0.717, 1.165) is 16.8 Å². The lowest BCUT2D eigenvalue weighted by Crippen LogP contribution is -1.99. The highest BCUT2D eigenvalue weighted by atomic mass is 15.0. The van der Waals surface area contributed by atoms with E-state index in [1.165, 1.54) is 18.9 Å². The molecule has 0 aliphatic carbocycles. The molecule has 0 spiro atoms. The van der Waals surface area contributed by atoms with Crippen LogP contribution in [0, 0.1) is 0 Å². The van der Waals surface area contributed by atoms with Gasteiger partial charge in [0.2, 0.25) is 0 Å². The molecule has 98 valence electrons. The van der Waals surface area contributed by atoms with Gasteiger partial charge in [-0.2, -0.15) is 0 Å². The Kier molecular flexibility index (Phi) is 4.67. The van der Waals surface area contributed by atoms with E-state index in [4.69, 9.17) is 0 Å². The van der Waals surface area contributed by atoms with Crippen LogP contribution in [0.2, 0.25) is 0 Å². The molecule has 0 fully saturated rings. The fourth-order valence-corrected chi connectivity index (χ4v) is 1.65. The van der Waals surface area contributed by atoms with Gasteiger partial charge in [0.05, 0.1) is 5.71 Å². The van der Waals surface area contributed by atoms with E-state index < -0.39 is 0 Å². The van der Waals surface area contributed by atoms with Crippen molar-refractivity contribution in [2.75, 3.05) is 0 Å². The fourth-order valence-electron chi connectivity index (χ4n) is 1.65. The Morgan fingerprint density at radius 3 is 2.35 bits per heavy atom. The first-order chi connectivity index (χ1) is 9.85. The van der Waals surface area contributed by atoms with Crippen LogP contribution in [-0.4, -0.2) is 20.7 Å². The molecule has 4 nitrogen and oxygen atoms in total. The molecular formula is C16H14N4. The smallest absolute Gasteiger partial charge is 0.162 e. The Balaban J connectivity index is 2.45. The molecule has 2 rings (SSSR count). The van der Waals surface area contributed by atoms with Gasteiger partial charge in [-0.25, -0.2) is 15.0 Å². The molecule has 20 heavy (non-hydrogen) atoms. The Hall–Kier alpha value is -2.88. The summed E-state index contributed by atoms with van der Waals surface area (Å²) < 4.78 is 0. The van der Waals surface area contributed by atoms with E-state index in [1.807, 2.05) is 36.4 Å². The van der Waals surface area contributed by atoms with Crippen molar-refractivity contribution in [2.45, 2.75) is 0 Å². The first kappa shape index (κ1) is 13.5. The third-order valence-corrected chi connectivity index (χ3v) is 2.56. The molecule has 0 unspecified atom stereocenters. The fraction of sp³-hybridized carbons (Fsp3) is 0. The molecule has 0 saturated heterocycles. The number of aromatic nitrogens is 3. The SMILES string of the molecule is C=C/N=C(\C=C(/C=C)c1ncncn1)c1ccccc1. The van der Waals surface area contributed by atoms with Crippen molar-refractivity contribution in [3.8, 4) is 0 Å². The van der Waals surface area contributed by atoms with E-state index in [9.17, 15) is 0 Å². The minimum atomic E-state index is 0.558. The Morgan fingerprint density at radius 1 is 1.05 bits per heavy atom. The minimum Gasteiger partial charge on any atom is -0.257 e. The van der Waals surface area contributed by atoms with Gasteiger partial charge in [-0.3, -0.25) is 4.99 Å². The molecule has 0 radical (unpaired) electrons. The molecule has 2 aromatic rings. The number of nitrogens with zero attached hydrogens (tertiary/aromatic N) is 4. The van der Waals surface area contributed by atoms with Crippen LogP contribution in [-0.2, 0) is 0 Å². The van der Waals surface area contributed by atoms with Gasteiger partial charge >= 0.3 is 0 Å². The molecule has 0 saturated carbocycles. The van der Waals surface area contributed by atoms with Gasteiger partial charge in [0, 0.05) is 17.3 Å². The lowest BCUT2D eigenvalue weighted by molar-refractivity contribution is 1.02. The summed E-state index contributed by atoms with van der Waals surface area (Å²) in [6.07, 6.45) is 7.97. The summed E-state index contributed by atoms with van der Waals surface area (Å²) in [5.41, 5.74) is 2.54. The number of rotatable bonds is 5. The van der Waals surface area contributed by atoms with Crippen LogP contribution in [0.5, 0.6) is 0 Å². The van der Waals surface area contributed by atoms with E-state index in [1.54, 1.807) is 6.08 Å². The molecule has 1 aromatic carbocycles. The second kappa shape index (κ2) is 6.89. The summed E-state index contributed by atoms with van der Waals surface area (Å²) >= 11 is 0. The van der Waals surface area contributed by atoms with Gasteiger partial charge in [0.25, 0.3) is 0 Å². The predicted octanol–water partition coefficient (Wildman–Crippen LogP) is 3.07. The van der Waals surface area contributed by atoms with Crippen molar-refractivity contribution < 1.29 is 0 Å². The summed E-state index contributed by atoms with van der Waals surface area (Å²) in [5.74, 6) is 0.558. The van der Waals surface area contributed by atoms with E-state index in [-0.39, 0.29) is 0 Å². The zero-order valence-electron chi connectivity index (χ0n) is 11.0. The van der Waals surface area contributed by atoms with E-state index in [0.29, 0.717) is 5.82 Å². The minimum absolute atomic E-state index is 0.558. The maximum atomic E-state index is 4.29. The molecular weight excluding hydrogens is 248 g/mol. The van der Waals surface area contributed by atoms with Gasteiger partial charge in [-0.1, -0.05) is 49.6 Å². The van der Waals surface area contributed by atoms with Crippen molar-refractivity contribution in [3.63, 3.8) is 0 Å². The lowest BCUT2D eigenvalue weighted by Gasteiger charge is -2.03. The third-order valence-electron chi connectivity index (χ3n) is 2.56. The van der Waals surface area contributed by atoms with Crippen molar-refractivity contribution in [1.29, 1.82) is 0 Å². The maximum Gasteiger partial charge on any atom is 0.162 e. The van der Waals surface area contributed by atoms with E-state index >= 15 is 0 Å². The molecule has 0 aliphatic heterocycles. The number of benzene rings is 1. The number of hydrogen-bond donors (Lipinski definition) is 0. The first-order valence-corrected chi connectivity index (χ1v) is 6.06. The predicted molar refractivity (Wildman–Crippen MR) is 81.2 cm³/mol. The highest BCUT2D eigenvalue weighted by Gasteiger charge is 2.04. The number of hydrogen-bond acceptors (Lipinski definition) is 4. The van der Waals surface area contributed by atoms with Crippen molar-refractivity contribution >= 4 is 11.3 Å². The van der Waals surface area contributed by atoms with Crippen LogP contribution in [0.1, 0.15) is 11.4 Å². The highest BCUT2D eigenvalue weighted by molar-refractivity contribution is 6.13. The van der Waals surface area contributed by atoms with Crippen molar-refractivity contribution in [2.24, 2.45) is 4.99 Å². The summed E-state index contributed by atoms with van der Waals surface area (Å²) in [5, 5.41) is 0. The molecule has 4 heteroatoms. The first-order valence-electron chi connectivity index (χ1n) is 6.06.